The first-order chi connectivity index (χ1) is 13.5. The maximum absolute atomic E-state index is 12.8. The molecular weight excluding hydrogens is 386 g/mol. The molecule has 1 aromatic carbocycles. The Balaban J connectivity index is 1.78. The number of hydrogen-bond acceptors (Lipinski definition) is 5. The van der Waals surface area contributed by atoms with Gasteiger partial charge in [-0.05, 0) is 25.0 Å². The minimum absolute atomic E-state index is 0.00949. The molecule has 1 aliphatic carbocycles. The quantitative estimate of drug-likeness (QED) is 0.709. The Bertz CT molecular complexity index is 995. The first-order valence-corrected chi connectivity index (χ1v) is 9.49. The number of pyridine rings is 1. The maximum Gasteiger partial charge on any atom is 0.341 e. The number of carbonyl (C=O) groups is 1. The molecule has 0 radical (unpaired) electrons. The third kappa shape index (κ3) is 3.36. The molecule has 0 saturated heterocycles. The Morgan fingerprint density at radius 1 is 1.32 bits per heavy atom. The van der Waals surface area contributed by atoms with E-state index in [9.17, 15) is 14.7 Å². The number of nitrogens with zero attached hydrogens (tertiary/aromatic N) is 1. The van der Waals surface area contributed by atoms with Gasteiger partial charge in [0.1, 0.15) is 23.7 Å². The van der Waals surface area contributed by atoms with Gasteiger partial charge in [-0.3, -0.25) is 4.79 Å². The number of halogens is 1. The van der Waals surface area contributed by atoms with E-state index in [-0.39, 0.29) is 18.2 Å². The van der Waals surface area contributed by atoms with Crippen LogP contribution in [0.2, 0.25) is 5.02 Å². The van der Waals surface area contributed by atoms with Crippen molar-refractivity contribution in [3.8, 4) is 22.8 Å². The van der Waals surface area contributed by atoms with E-state index in [4.69, 9.17) is 25.8 Å². The van der Waals surface area contributed by atoms with E-state index in [1.54, 1.807) is 23.8 Å². The lowest BCUT2D eigenvalue weighted by atomic mass is 9.99. The molecule has 28 heavy (non-hydrogen) atoms. The first-order valence-electron chi connectivity index (χ1n) is 9.11. The predicted molar refractivity (Wildman–Crippen MR) is 103 cm³/mol. The molecule has 2 aromatic rings. The molecule has 0 unspecified atom stereocenters. The molecule has 1 aliphatic heterocycles. The van der Waals surface area contributed by atoms with E-state index >= 15 is 0 Å². The largest absolute Gasteiger partial charge is 0.492 e. The minimum atomic E-state index is -1.23. The normalized spacial score (nSPS) is 14.8. The Kier molecular flexibility index (Phi) is 5.03. The molecule has 8 heteroatoms. The van der Waals surface area contributed by atoms with Crippen molar-refractivity contribution in [2.45, 2.75) is 31.9 Å². The van der Waals surface area contributed by atoms with Crippen LogP contribution in [0.25, 0.3) is 11.3 Å². The number of aromatic carboxylic acids is 1. The van der Waals surface area contributed by atoms with Crippen molar-refractivity contribution in [2.24, 2.45) is 0 Å². The molecule has 0 atom stereocenters. The van der Waals surface area contributed by atoms with E-state index in [1.165, 1.54) is 6.07 Å². The van der Waals surface area contributed by atoms with Gasteiger partial charge in [0.15, 0.2) is 0 Å². The van der Waals surface area contributed by atoms with Crippen LogP contribution in [0, 0.1) is 0 Å². The van der Waals surface area contributed by atoms with E-state index < -0.39 is 11.5 Å². The third-order valence-electron chi connectivity index (χ3n) is 4.88. The summed E-state index contributed by atoms with van der Waals surface area (Å²) in [6, 6.07) is 4.86. The van der Waals surface area contributed by atoms with Crippen LogP contribution in [0.1, 0.15) is 41.2 Å². The Morgan fingerprint density at radius 3 is 2.79 bits per heavy atom. The van der Waals surface area contributed by atoms with Crippen molar-refractivity contribution in [3.05, 3.63) is 44.7 Å². The number of hydrogen-bond donors (Lipinski definition) is 1. The fourth-order valence-corrected chi connectivity index (χ4v) is 3.65. The standard InChI is InChI=1S/C20H20ClNO6/c1-26-5-2-6-27-17-9-16-13(8-15(17)21)18-11(10-28-16)7-14(20(24)25)19(23)22(18)12-3-4-12/h7-9,12H,2-6,10H2,1H3,(H,24,25). The van der Waals surface area contributed by atoms with Crippen LogP contribution in [0.3, 0.4) is 0 Å². The SMILES string of the molecule is COCCCOc1cc2c(cc1Cl)-c1c(cc(C(=O)O)c(=O)n1C1CC1)CO2. The second-order valence-electron chi connectivity index (χ2n) is 6.91. The third-order valence-corrected chi connectivity index (χ3v) is 5.17. The fourth-order valence-electron chi connectivity index (χ4n) is 3.43. The molecule has 1 fully saturated rings. The summed E-state index contributed by atoms with van der Waals surface area (Å²) in [5.74, 6) is -0.163. The van der Waals surface area contributed by atoms with Gasteiger partial charge < -0.3 is 23.9 Å². The molecule has 7 nitrogen and oxygen atoms in total. The van der Waals surface area contributed by atoms with Crippen molar-refractivity contribution >= 4 is 17.6 Å². The first kappa shape index (κ1) is 18.8. The number of benzene rings is 1. The average molecular weight is 406 g/mol. The van der Waals surface area contributed by atoms with Gasteiger partial charge in [-0.15, -0.1) is 0 Å². The summed E-state index contributed by atoms with van der Waals surface area (Å²) in [6.45, 7) is 1.23. The van der Waals surface area contributed by atoms with Gasteiger partial charge in [0, 0.05) is 43.4 Å². The molecule has 1 aromatic heterocycles. The highest BCUT2D eigenvalue weighted by atomic mass is 35.5. The van der Waals surface area contributed by atoms with Crippen molar-refractivity contribution in [2.75, 3.05) is 20.3 Å². The molecular formula is C20H20ClNO6. The van der Waals surface area contributed by atoms with Crippen LogP contribution in [-0.2, 0) is 11.3 Å². The van der Waals surface area contributed by atoms with Gasteiger partial charge in [0.05, 0.1) is 17.3 Å². The summed E-state index contributed by atoms with van der Waals surface area (Å²) >= 11 is 6.42. The van der Waals surface area contributed by atoms with E-state index in [1.807, 2.05) is 0 Å². The van der Waals surface area contributed by atoms with Gasteiger partial charge in [0.2, 0.25) is 0 Å². The number of ether oxygens (including phenoxy) is 3. The zero-order chi connectivity index (χ0) is 19.8. The van der Waals surface area contributed by atoms with Gasteiger partial charge in [0.25, 0.3) is 5.56 Å². The average Bonchev–Trinajstić information content (AvgIpc) is 3.50. The van der Waals surface area contributed by atoms with Crippen molar-refractivity contribution in [1.29, 1.82) is 0 Å². The molecule has 0 spiro atoms. The Labute approximate surface area is 166 Å². The van der Waals surface area contributed by atoms with Crippen molar-refractivity contribution in [1.82, 2.24) is 4.57 Å². The second kappa shape index (κ2) is 7.48. The fraction of sp³-hybridized carbons (Fsp3) is 0.400. The number of carboxylic acid groups (broad SMARTS) is 1. The molecule has 2 heterocycles. The van der Waals surface area contributed by atoms with Gasteiger partial charge in [-0.1, -0.05) is 11.6 Å². The summed E-state index contributed by atoms with van der Waals surface area (Å²) < 4.78 is 18.2. The summed E-state index contributed by atoms with van der Waals surface area (Å²) in [5.41, 5.74) is 1.31. The van der Waals surface area contributed by atoms with Crippen LogP contribution in [-0.4, -0.2) is 36.0 Å². The topological polar surface area (TPSA) is 87.0 Å². The molecule has 148 valence electrons. The summed E-state index contributed by atoms with van der Waals surface area (Å²) in [4.78, 5) is 24.3. The van der Waals surface area contributed by atoms with E-state index in [2.05, 4.69) is 0 Å². The molecule has 0 amide bonds. The van der Waals surface area contributed by atoms with Crippen LogP contribution >= 0.6 is 11.6 Å². The highest BCUT2D eigenvalue weighted by molar-refractivity contribution is 6.32. The van der Waals surface area contributed by atoms with Crippen molar-refractivity contribution in [3.63, 3.8) is 0 Å². The molecule has 2 aliphatic rings. The minimum Gasteiger partial charge on any atom is -0.492 e. The lowest BCUT2D eigenvalue weighted by molar-refractivity contribution is 0.0694. The van der Waals surface area contributed by atoms with Crippen LogP contribution in [0.15, 0.2) is 23.0 Å². The summed E-state index contributed by atoms with van der Waals surface area (Å²) in [6.07, 6.45) is 2.42. The Hall–Kier alpha value is -2.51. The monoisotopic (exact) mass is 405 g/mol. The number of methoxy groups -OCH3 is 1. The maximum atomic E-state index is 12.8. The van der Waals surface area contributed by atoms with E-state index in [0.717, 1.165) is 19.3 Å². The summed E-state index contributed by atoms with van der Waals surface area (Å²) in [7, 11) is 1.63. The van der Waals surface area contributed by atoms with E-state index in [0.29, 0.717) is 46.6 Å². The lowest BCUT2D eigenvalue weighted by Crippen LogP contribution is -2.29. The number of rotatable bonds is 7. The van der Waals surface area contributed by atoms with Gasteiger partial charge in [-0.2, -0.15) is 0 Å². The van der Waals surface area contributed by atoms with Crippen LogP contribution < -0.4 is 15.0 Å². The number of carboxylic acids is 1. The van der Waals surface area contributed by atoms with Gasteiger partial charge in [-0.25, -0.2) is 4.79 Å². The molecule has 0 bridgehead atoms. The second-order valence-corrected chi connectivity index (χ2v) is 7.31. The lowest BCUT2D eigenvalue weighted by Gasteiger charge is -2.26. The zero-order valence-corrected chi connectivity index (χ0v) is 16.1. The van der Waals surface area contributed by atoms with Crippen molar-refractivity contribution < 1.29 is 24.1 Å². The summed E-state index contributed by atoms with van der Waals surface area (Å²) in [5, 5.41) is 9.80. The Morgan fingerprint density at radius 2 is 2.11 bits per heavy atom. The highest BCUT2D eigenvalue weighted by Crippen LogP contribution is 2.46. The van der Waals surface area contributed by atoms with Crippen LogP contribution in [0.4, 0.5) is 0 Å². The molecule has 1 N–H and O–H groups in total. The number of aromatic nitrogens is 1. The molecule has 4 rings (SSSR count). The zero-order valence-electron chi connectivity index (χ0n) is 15.4. The highest BCUT2D eigenvalue weighted by Gasteiger charge is 2.33. The smallest absolute Gasteiger partial charge is 0.341 e. The van der Waals surface area contributed by atoms with Gasteiger partial charge >= 0.3 is 5.97 Å². The van der Waals surface area contributed by atoms with Crippen LogP contribution in [0.5, 0.6) is 11.5 Å². The predicted octanol–water partition coefficient (Wildman–Crippen LogP) is 3.51. The molecule has 1 saturated carbocycles. The number of fused-ring (bicyclic) bond motifs is 3.